The van der Waals surface area contributed by atoms with Gasteiger partial charge in [0, 0.05) is 30.1 Å². The molecule has 1 heterocycles. The summed E-state index contributed by atoms with van der Waals surface area (Å²) < 4.78 is 27.7. The summed E-state index contributed by atoms with van der Waals surface area (Å²) in [5, 5.41) is 9.08. The van der Waals surface area contributed by atoms with Crippen LogP contribution in [0.1, 0.15) is 32.6 Å². The third-order valence-electron chi connectivity index (χ3n) is 3.14. The molecule has 0 saturated heterocycles. The molecule has 1 rings (SSSR count). The molecule has 0 aliphatic heterocycles. The van der Waals surface area contributed by atoms with Crippen LogP contribution in [0.4, 0.5) is 0 Å². The van der Waals surface area contributed by atoms with E-state index in [1.165, 1.54) is 17.4 Å². The number of rotatable bonds is 8. The minimum Gasteiger partial charge on any atom is -0.391 e. The van der Waals surface area contributed by atoms with Gasteiger partial charge in [-0.3, -0.25) is 4.90 Å². The molecule has 8 heteroatoms. The van der Waals surface area contributed by atoms with Gasteiger partial charge < -0.3 is 5.11 Å². The van der Waals surface area contributed by atoms with Crippen molar-refractivity contribution in [2.45, 2.75) is 51.3 Å². The first-order valence-electron chi connectivity index (χ1n) is 6.83. The Morgan fingerprint density at radius 2 is 1.90 bits per heavy atom. The lowest BCUT2D eigenvalue weighted by atomic mass is 10.2. The second-order valence-corrected chi connectivity index (χ2v) is 9.52. The molecule has 0 atom stereocenters. The molecule has 0 fully saturated rings. The van der Waals surface area contributed by atoms with Crippen molar-refractivity contribution in [3.63, 3.8) is 0 Å². The normalized spacial score (nSPS) is 12.8. The summed E-state index contributed by atoms with van der Waals surface area (Å²) in [6.07, 6.45) is 0. The first kappa shape index (κ1) is 19.1. The molecular weight excluding hydrogens is 376 g/mol. The van der Waals surface area contributed by atoms with E-state index in [0.29, 0.717) is 33.8 Å². The monoisotopic (exact) mass is 398 g/mol. The van der Waals surface area contributed by atoms with Crippen molar-refractivity contribution >= 4 is 37.3 Å². The number of hydrogen-bond acceptors (Lipinski definition) is 5. The number of aliphatic hydroxyl groups excluding tert-OH is 1. The third-order valence-corrected chi connectivity index (χ3v) is 6.84. The summed E-state index contributed by atoms with van der Waals surface area (Å²) in [6.45, 7) is 9.23. The highest BCUT2D eigenvalue weighted by atomic mass is 79.9. The average Bonchev–Trinajstić information content (AvgIpc) is 2.75. The molecule has 0 aromatic carbocycles. The standard InChI is InChI=1S/C13H23BrN2O3S2/c1-9(2)16(10(3)4)6-5-15-21(18,19)12-7-11(8-17)20-13(12)14/h7,9-10,15,17H,5-6,8H2,1-4H3. The van der Waals surface area contributed by atoms with Crippen LogP contribution >= 0.6 is 27.3 Å². The van der Waals surface area contributed by atoms with Gasteiger partial charge in [-0.2, -0.15) is 0 Å². The molecule has 0 amide bonds. The summed E-state index contributed by atoms with van der Waals surface area (Å²) >= 11 is 4.47. The Balaban J connectivity index is 2.71. The van der Waals surface area contributed by atoms with Crippen molar-refractivity contribution in [1.82, 2.24) is 9.62 Å². The largest absolute Gasteiger partial charge is 0.391 e. The van der Waals surface area contributed by atoms with E-state index >= 15 is 0 Å². The van der Waals surface area contributed by atoms with Gasteiger partial charge in [0.05, 0.1) is 10.4 Å². The van der Waals surface area contributed by atoms with Crippen molar-refractivity contribution < 1.29 is 13.5 Å². The molecule has 0 bridgehead atoms. The van der Waals surface area contributed by atoms with E-state index in [-0.39, 0.29) is 11.5 Å². The zero-order valence-corrected chi connectivity index (χ0v) is 16.0. The topological polar surface area (TPSA) is 69.6 Å². The summed E-state index contributed by atoms with van der Waals surface area (Å²) in [5.41, 5.74) is 0. The molecule has 21 heavy (non-hydrogen) atoms. The van der Waals surface area contributed by atoms with Crippen LogP contribution in [0.15, 0.2) is 14.7 Å². The van der Waals surface area contributed by atoms with Crippen LogP contribution in [0.3, 0.4) is 0 Å². The molecule has 1 aromatic rings. The molecule has 0 saturated carbocycles. The highest BCUT2D eigenvalue weighted by Gasteiger charge is 2.21. The summed E-state index contributed by atoms with van der Waals surface area (Å²) in [6, 6.07) is 2.23. The fraction of sp³-hybridized carbons (Fsp3) is 0.692. The highest BCUT2D eigenvalue weighted by molar-refractivity contribution is 9.11. The smallest absolute Gasteiger partial charge is 0.242 e. The number of thiophene rings is 1. The Kier molecular flexibility index (Phi) is 7.29. The van der Waals surface area contributed by atoms with Crippen molar-refractivity contribution in [3.05, 3.63) is 14.7 Å². The Bertz CT molecular complexity index is 548. The number of nitrogens with zero attached hydrogens (tertiary/aromatic N) is 1. The first-order valence-corrected chi connectivity index (χ1v) is 9.92. The molecule has 1 aromatic heterocycles. The van der Waals surface area contributed by atoms with Crippen LogP contribution in [-0.2, 0) is 16.6 Å². The lowest BCUT2D eigenvalue weighted by Crippen LogP contribution is -2.42. The fourth-order valence-electron chi connectivity index (χ4n) is 2.16. The van der Waals surface area contributed by atoms with Gasteiger partial charge in [-0.15, -0.1) is 11.3 Å². The molecule has 0 aliphatic rings. The average molecular weight is 399 g/mol. The van der Waals surface area contributed by atoms with Crippen molar-refractivity contribution in [3.8, 4) is 0 Å². The van der Waals surface area contributed by atoms with Crippen LogP contribution < -0.4 is 4.72 Å². The van der Waals surface area contributed by atoms with Crippen LogP contribution in [0.5, 0.6) is 0 Å². The van der Waals surface area contributed by atoms with Crippen molar-refractivity contribution in [1.29, 1.82) is 0 Å². The molecule has 0 aliphatic carbocycles. The van der Waals surface area contributed by atoms with Crippen LogP contribution in [0.2, 0.25) is 0 Å². The number of hydrogen-bond donors (Lipinski definition) is 2. The summed E-state index contributed by atoms with van der Waals surface area (Å²) in [4.78, 5) is 3.04. The zero-order valence-electron chi connectivity index (χ0n) is 12.8. The van der Waals surface area contributed by atoms with E-state index in [1.807, 2.05) is 0 Å². The van der Waals surface area contributed by atoms with E-state index in [4.69, 9.17) is 5.11 Å². The van der Waals surface area contributed by atoms with Crippen molar-refractivity contribution in [2.75, 3.05) is 13.1 Å². The maximum atomic E-state index is 12.3. The van der Waals surface area contributed by atoms with Gasteiger partial charge in [0.25, 0.3) is 0 Å². The first-order chi connectivity index (χ1) is 9.69. The quantitative estimate of drug-likeness (QED) is 0.705. The predicted octanol–water partition coefficient (Wildman–Crippen LogP) is 2.40. The van der Waals surface area contributed by atoms with Crippen LogP contribution in [-0.4, -0.2) is 43.6 Å². The molecule has 0 radical (unpaired) electrons. The fourth-order valence-corrected chi connectivity index (χ4v) is 5.72. The van der Waals surface area contributed by atoms with Gasteiger partial charge in [0.1, 0.15) is 4.90 Å². The van der Waals surface area contributed by atoms with E-state index in [0.717, 1.165) is 0 Å². The molecule has 5 nitrogen and oxygen atoms in total. The minimum atomic E-state index is -3.55. The molecular formula is C13H23BrN2O3S2. The maximum Gasteiger partial charge on any atom is 0.242 e. The summed E-state index contributed by atoms with van der Waals surface area (Å²) in [5.74, 6) is 0. The number of sulfonamides is 1. The van der Waals surface area contributed by atoms with Crippen molar-refractivity contribution in [2.24, 2.45) is 0 Å². The third kappa shape index (κ3) is 5.30. The lowest BCUT2D eigenvalue weighted by molar-refractivity contribution is 0.179. The van der Waals surface area contributed by atoms with Crippen LogP contribution in [0, 0.1) is 0 Å². The summed E-state index contributed by atoms with van der Waals surface area (Å²) in [7, 11) is -3.55. The van der Waals surface area contributed by atoms with E-state index in [1.54, 1.807) is 0 Å². The van der Waals surface area contributed by atoms with Gasteiger partial charge in [0.15, 0.2) is 0 Å². The second-order valence-electron chi connectivity index (χ2n) is 5.33. The molecule has 2 N–H and O–H groups in total. The van der Waals surface area contributed by atoms with E-state index in [2.05, 4.69) is 53.2 Å². The number of halogens is 1. The number of nitrogens with one attached hydrogen (secondary N) is 1. The van der Waals surface area contributed by atoms with Gasteiger partial charge in [-0.05, 0) is 49.7 Å². The van der Waals surface area contributed by atoms with Crippen LogP contribution in [0.25, 0.3) is 0 Å². The van der Waals surface area contributed by atoms with E-state index < -0.39 is 10.0 Å². The Hall–Kier alpha value is 0.01000. The molecule has 0 unspecified atom stereocenters. The van der Waals surface area contributed by atoms with Gasteiger partial charge in [-0.25, -0.2) is 13.1 Å². The molecule has 122 valence electrons. The SMILES string of the molecule is CC(C)N(CCNS(=O)(=O)c1cc(CO)sc1Br)C(C)C. The Labute approximate surface area is 139 Å². The highest BCUT2D eigenvalue weighted by Crippen LogP contribution is 2.31. The number of aliphatic hydroxyl groups is 1. The second kappa shape index (κ2) is 8.03. The maximum absolute atomic E-state index is 12.3. The predicted molar refractivity (Wildman–Crippen MR) is 90.1 cm³/mol. The Morgan fingerprint density at radius 1 is 1.33 bits per heavy atom. The van der Waals surface area contributed by atoms with Gasteiger partial charge >= 0.3 is 0 Å². The van der Waals surface area contributed by atoms with E-state index in [9.17, 15) is 8.42 Å². The zero-order chi connectivity index (χ0) is 16.2. The molecule has 0 spiro atoms. The minimum absolute atomic E-state index is 0.159. The Morgan fingerprint density at radius 3 is 2.33 bits per heavy atom. The lowest BCUT2D eigenvalue weighted by Gasteiger charge is -2.30. The van der Waals surface area contributed by atoms with Gasteiger partial charge in [0.2, 0.25) is 10.0 Å². The van der Waals surface area contributed by atoms with Gasteiger partial charge in [-0.1, -0.05) is 0 Å².